The number of allylic oxidation sites excluding steroid dienone is 2. The summed E-state index contributed by atoms with van der Waals surface area (Å²) in [4.78, 5) is 0.196. The van der Waals surface area contributed by atoms with E-state index in [0.717, 1.165) is 17.7 Å². The van der Waals surface area contributed by atoms with Gasteiger partial charge in [-0.3, -0.25) is 4.72 Å². The summed E-state index contributed by atoms with van der Waals surface area (Å²) in [5, 5.41) is 4.33. The minimum absolute atomic E-state index is 0.159. The van der Waals surface area contributed by atoms with E-state index in [9.17, 15) is 8.42 Å². The van der Waals surface area contributed by atoms with Gasteiger partial charge in [0.05, 0.1) is 21.6 Å². The van der Waals surface area contributed by atoms with Crippen molar-refractivity contribution in [2.24, 2.45) is 5.92 Å². The third kappa shape index (κ3) is 3.82. The molecule has 1 aliphatic carbocycles. The molecule has 4 nitrogen and oxygen atoms in total. The maximum Gasteiger partial charge on any atom is 0.261 e. The van der Waals surface area contributed by atoms with E-state index in [1.807, 2.05) is 24.3 Å². The molecule has 3 aromatic rings. The van der Waals surface area contributed by atoms with Crippen LogP contribution in [0.5, 0.6) is 0 Å². The first-order chi connectivity index (χ1) is 14.9. The van der Waals surface area contributed by atoms with Crippen LogP contribution in [0.25, 0.3) is 0 Å². The molecule has 158 valence electrons. The van der Waals surface area contributed by atoms with E-state index in [1.165, 1.54) is 11.6 Å². The zero-order valence-electron chi connectivity index (χ0n) is 16.4. The van der Waals surface area contributed by atoms with Gasteiger partial charge < -0.3 is 5.32 Å². The van der Waals surface area contributed by atoms with Crippen molar-refractivity contribution in [1.29, 1.82) is 0 Å². The average molecular weight is 471 g/mol. The molecule has 0 aromatic heterocycles. The fourth-order valence-corrected chi connectivity index (χ4v) is 6.01. The van der Waals surface area contributed by atoms with Crippen LogP contribution in [-0.2, 0) is 10.0 Å². The molecule has 0 unspecified atom stereocenters. The summed E-state index contributed by atoms with van der Waals surface area (Å²) in [6, 6.07) is 20.5. The van der Waals surface area contributed by atoms with Crippen LogP contribution in [0.1, 0.15) is 29.5 Å². The predicted molar refractivity (Wildman–Crippen MR) is 127 cm³/mol. The molecule has 1 aliphatic heterocycles. The third-order valence-electron chi connectivity index (χ3n) is 5.98. The molecule has 0 amide bonds. The smallest absolute Gasteiger partial charge is 0.261 e. The predicted octanol–water partition coefficient (Wildman–Crippen LogP) is 6.62. The van der Waals surface area contributed by atoms with Gasteiger partial charge in [-0.25, -0.2) is 8.42 Å². The van der Waals surface area contributed by atoms with Crippen molar-refractivity contribution < 1.29 is 8.42 Å². The first-order valence-electron chi connectivity index (χ1n) is 10.0. The SMILES string of the molecule is O=S(=O)(Nc1cc(Cl)ccc1Cl)c1ccc2c(c1)[C@H]1C=CC[C@H]1[C@@H](c1ccccc1)N2. The second-order valence-corrected chi connectivity index (χ2v) is 10.4. The molecule has 7 heteroatoms. The van der Waals surface area contributed by atoms with Crippen LogP contribution >= 0.6 is 23.2 Å². The van der Waals surface area contributed by atoms with E-state index in [-0.39, 0.29) is 27.6 Å². The Balaban J connectivity index is 1.50. The molecule has 2 N–H and O–H groups in total. The monoisotopic (exact) mass is 470 g/mol. The van der Waals surface area contributed by atoms with Crippen molar-refractivity contribution in [2.75, 3.05) is 10.0 Å². The van der Waals surface area contributed by atoms with Crippen molar-refractivity contribution in [3.63, 3.8) is 0 Å². The van der Waals surface area contributed by atoms with Crippen LogP contribution in [0.4, 0.5) is 11.4 Å². The number of hydrogen-bond acceptors (Lipinski definition) is 3. The zero-order valence-corrected chi connectivity index (χ0v) is 18.8. The lowest BCUT2D eigenvalue weighted by atomic mass is 9.77. The van der Waals surface area contributed by atoms with Gasteiger partial charge in [-0.05, 0) is 59.9 Å². The Labute approximate surface area is 192 Å². The van der Waals surface area contributed by atoms with Crippen LogP contribution in [0.3, 0.4) is 0 Å². The first kappa shape index (κ1) is 20.4. The van der Waals surface area contributed by atoms with Crippen LogP contribution in [0.2, 0.25) is 10.0 Å². The summed E-state index contributed by atoms with van der Waals surface area (Å²) in [6.07, 6.45) is 5.33. The van der Waals surface area contributed by atoms with Crippen LogP contribution in [-0.4, -0.2) is 8.42 Å². The average Bonchev–Trinajstić information content (AvgIpc) is 3.26. The van der Waals surface area contributed by atoms with Crippen LogP contribution < -0.4 is 10.0 Å². The fourth-order valence-electron chi connectivity index (χ4n) is 4.51. The summed E-state index contributed by atoms with van der Waals surface area (Å²) in [6.45, 7) is 0. The van der Waals surface area contributed by atoms with Gasteiger partial charge in [-0.1, -0.05) is 65.7 Å². The topological polar surface area (TPSA) is 58.2 Å². The normalized spacial score (nSPS) is 21.8. The molecular formula is C24H20Cl2N2O2S. The number of anilines is 2. The molecule has 0 saturated heterocycles. The van der Waals surface area contributed by atoms with Gasteiger partial charge in [0.25, 0.3) is 10.0 Å². The van der Waals surface area contributed by atoms with E-state index < -0.39 is 10.0 Å². The highest BCUT2D eigenvalue weighted by Crippen LogP contribution is 2.50. The Bertz CT molecular complexity index is 1280. The molecule has 0 fully saturated rings. The Morgan fingerprint density at radius 1 is 0.968 bits per heavy atom. The van der Waals surface area contributed by atoms with Gasteiger partial charge in [0.1, 0.15) is 0 Å². The van der Waals surface area contributed by atoms with Crippen molar-refractivity contribution in [1.82, 2.24) is 0 Å². The molecule has 3 aromatic carbocycles. The lowest BCUT2D eigenvalue weighted by molar-refractivity contribution is 0.425. The quantitative estimate of drug-likeness (QED) is 0.421. The Kier molecular flexibility index (Phi) is 5.21. The molecule has 0 spiro atoms. The summed E-state index contributed by atoms with van der Waals surface area (Å²) in [5.41, 5.74) is 3.45. The number of nitrogens with one attached hydrogen (secondary N) is 2. The summed E-state index contributed by atoms with van der Waals surface area (Å²) >= 11 is 12.1. The van der Waals surface area contributed by atoms with Crippen molar-refractivity contribution in [2.45, 2.75) is 23.3 Å². The molecule has 0 radical (unpaired) electrons. The summed E-state index contributed by atoms with van der Waals surface area (Å²) < 4.78 is 28.7. The van der Waals surface area contributed by atoms with Gasteiger partial charge in [-0.2, -0.15) is 0 Å². The molecule has 31 heavy (non-hydrogen) atoms. The number of fused-ring (bicyclic) bond motifs is 3. The number of benzene rings is 3. The number of sulfonamides is 1. The van der Waals surface area contributed by atoms with Gasteiger partial charge >= 0.3 is 0 Å². The van der Waals surface area contributed by atoms with E-state index >= 15 is 0 Å². The van der Waals surface area contributed by atoms with Gasteiger partial charge in [0.15, 0.2) is 0 Å². The van der Waals surface area contributed by atoms with Crippen LogP contribution in [0.15, 0.2) is 83.8 Å². The Morgan fingerprint density at radius 2 is 1.77 bits per heavy atom. The van der Waals surface area contributed by atoms with E-state index in [1.54, 1.807) is 24.3 Å². The highest BCUT2D eigenvalue weighted by atomic mass is 35.5. The number of hydrogen-bond donors (Lipinski definition) is 2. The standard InChI is InChI=1S/C24H20Cl2N2O2S/c25-16-9-11-21(26)23(13-16)28-31(29,30)17-10-12-22-20(14-17)18-7-4-8-19(18)24(27-22)15-5-2-1-3-6-15/h1-7,9-14,18-19,24,27-28H,8H2/t18-,19+,24+/m0/s1. The van der Waals surface area contributed by atoms with E-state index in [2.05, 4.69) is 34.3 Å². The first-order valence-corrected chi connectivity index (χ1v) is 12.3. The van der Waals surface area contributed by atoms with Gasteiger partial charge in [0.2, 0.25) is 0 Å². The maximum atomic E-state index is 13.1. The number of rotatable bonds is 4. The Hall–Kier alpha value is -2.47. The fraction of sp³-hybridized carbons (Fsp3) is 0.167. The van der Waals surface area contributed by atoms with Crippen LogP contribution in [0, 0.1) is 5.92 Å². The molecule has 5 rings (SSSR count). The Morgan fingerprint density at radius 3 is 2.58 bits per heavy atom. The molecular weight excluding hydrogens is 451 g/mol. The highest BCUT2D eigenvalue weighted by Gasteiger charge is 2.38. The lowest BCUT2D eigenvalue weighted by Crippen LogP contribution is -2.29. The molecule has 2 aliphatic rings. The largest absolute Gasteiger partial charge is 0.378 e. The maximum absolute atomic E-state index is 13.1. The summed E-state index contributed by atoms with van der Waals surface area (Å²) in [5.74, 6) is 0.495. The lowest BCUT2D eigenvalue weighted by Gasteiger charge is -2.37. The molecule has 0 saturated carbocycles. The summed E-state index contributed by atoms with van der Waals surface area (Å²) in [7, 11) is -3.83. The molecule has 1 heterocycles. The second-order valence-electron chi connectivity index (χ2n) is 7.86. The number of halogens is 2. The minimum Gasteiger partial charge on any atom is -0.378 e. The minimum atomic E-state index is -3.83. The molecule has 0 bridgehead atoms. The zero-order chi connectivity index (χ0) is 21.6. The molecule has 3 atom stereocenters. The van der Waals surface area contributed by atoms with Gasteiger partial charge in [0, 0.05) is 16.6 Å². The second kappa shape index (κ2) is 7.90. The highest BCUT2D eigenvalue weighted by molar-refractivity contribution is 7.92. The van der Waals surface area contributed by atoms with Gasteiger partial charge in [-0.15, -0.1) is 0 Å². The third-order valence-corrected chi connectivity index (χ3v) is 7.90. The van der Waals surface area contributed by atoms with Crippen molar-refractivity contribution in [3.8, 4) is 0 Å². The van der Waals surface area contributed by atoms with Crippen molar-refractivity contribution in [3.05, 3.63) is 100 Å². The van der Waals surface area contributed by atoms with E-state index in [0.29, 0.717) is 10.9 Å². The van der Waals surface area contributed by atoms with Crippen molar-refractivity contribution >= 4 is 44.6 Å². The van der Waals surface area contributed by atoms with E-state index in [4.69, 9.17) is 23.2 Å².